The van der Waals surface area contributed by atoms with Gasteiger partial charge in [0.2, 0.25) is 0 Å². The lowest BCUT2D eigenvalue weighted by atomic mass is 10.0. The van der Waals surface area contributed by atoms with Crippen molar-refractivity contribution in [3.63, 3.8) is 0 Å². The third-order valence-electron chi connectivity index (χ3n) is 5.39. The van der Waals surface area contributed by atoms with Crippen LogP contribution in [-0.4, -0.2) is 51.0 Å². The van der Waals surface area contributed by atoms with Crippen molar-refractivity contribution in [3.8, 4) is 0 Å². The number of carbonyl (C=O) groups excluding carboxylic acids is 1. The van der Waals surface area contributed by atoms with Gasteiger partial charge in [0.05, 0.1) is 12.7 Å². The first-order valence-corrected chi connectivity index (χ1v) is 9.41. The highest BCUT2D eigenvalue weighted by atomic mass is 35.5. The second-order valence-electron chi connectivity index (χ2n) is 7.34. The molecule has 3 atom stereocenters. The number of rotatable bonds is 4. The second-order valence-corrected chi connectivity index (χ2v) is 7.78. The summed E-state index contributed by atoms with van der Waals surface area (Å²) in [6, 6.07) is 5.36. The van der Waals surface area contributed by atoms with E-state index in [9.17, 15) is 14.0 Å². The van der Waals surface area contributed by atoms with Gasteiger partial charge in [0.25, 0.3) is 0 Å². The van der Waals surface area contributed by atoms with Crippen LogP contribution in [0.15, 0.2) is 30.5 Å². The van der Waals surface area contributed by atoms with Crippen LogP contribution in [0.2, 0.25) is 5.02 Å². The van der Waals surface area contributed by atoms with Crippen molar-refractivity contribution in [1.82, 2.24) is 14.7 Å². The van der Waals surface area contributed by atoms with Crippen LogP contribution in [0, 0.1) is 17.7 Å². The molecule has 7 nitrogen and oxygen atoms in total. The maximum absolute atomic E-state index is 13.4. The number of halogens is 2. The Morgan fingerprint density at radius 2 is 1.96 bits per heavy atom. The molecule has 9 heteroatoms. The number of aromatic carboxylic acids is 1. The highest BCUT2D eigenvalue weighted by molar-refractivity contribution is 6.30. The number of carboxylic acids is 1. The normalized spacial score (nSPS) is 23.8. The van der Waals surface area contributed by atoms with Crippen molar-refractivity contribution in [2.24, 2.45) is 11.8 Å². The van der Waals surface area contributed by atoms with E-state index in [0.717, 1.165) is 17.5 Å². The average Bonchev–Trinajstić information content (AvgIpc) is 3.33. The van der Waals surface area contributed by atoms with Crippen LogP contribution in [0.4, 0.5) is 9.18 Å². The largest absolute Gasteiger partial charge is 0.476 e. The molecule has 0 bridgehead atoms. The van der Waals surface area contributed by atoms with E-state index in [1.807, 2.05) is 0 Å². The summed E-state index contributed by atoms with van der Waals surface area (Å²) in [7, 11) is 0. The molecule has 0 radical (unpaired) electrons. The maximum Gasteiger partial charge on any atom is 0.356 e. The van der Waals surface area contributed by atoms with E-state index in [1.165, 1.54) is 24.4 Å². The Morgan fingerprint density at radius 1 is 1.25 bits per heavy atom. The number of benzene rings is 1. The topological polar surface area (TPSA) is 84.7 Å². The molecule has 1 N–H and O–H groups in total. The molecule has 1 saturated carbocycles. The summed E-state index contributed by atoms with van der Waals surface area (Å²) >= 11 is 5.87. The first-order chi connectivity index (χ1) is 13.4. The molecule has 148 valence electrons. The SMILES string of the molecule is O=C(O)c1ccn(C(=O)N2C[C@H]3C[C@@H](OCc4cc(F)cc(Cl)c4)C[C@H]3C2)n1. The molecular weight excluding hydrogens is 389 g/mol. The molecule has 2 heterocycles. The van der Waals surface area contributed by atoms with E-state index in [2.05, 4.69) is 5.10 Å². The van der Waals surface area contributed by atoms with E-state index in [0.29, 0.717) is 42.1 Å². The van der Waals surface area contributed by atoms with Gasteiger partial charge in [-0.05, 0) is 54.5 Å². The van der Waals surface area contributed by atoms with Crippen LogP contribution < -0.4 is 0 Å². The fourth-order valence-corrected chi connectivity index (χ4v) is 4.38. The number of fused-ring (bicyclic) bond motifs is 1. The number of nitrogens with zero attached hydrogens (tertiary/aromatic N) is 3. The number of hydrogen-bond acceptors (Lipinski definition) is 4. The molecule has 2 aromatic rings. The zero-order chi connectivity index (χ0) is 19.8. The Balaban J connectivity index is 1.30. The number of carboxylic acid groups (broad SMARTS) is 1. The second kappa shape index (κ2) is 7.52. The average molecular weight is 408 g/mol. The number of aromatic nitrogens is 2. The summed E-state index contributed by atoms with van der Waals surface area (Å²) in [6.07, 6.45) is 3.10. The van der Waals surface area contributed by atoms with Gasteiger partial charge in [-0.2, -0.15) is 9.78 Å². The van der Waals surface area contributed by atoms with Crippen LogP contribution in [0.1, 0.15) is 28.9 Å². The van der Waals surface area contributed by atoms with Crippen molar-refractivity contribution in [2.75, 3.05) is 13.1 Å². The summed E-state index contributed by atoms with van der Waals surface area (Å²) in [5.41, 5.74) is 0.547. The lowest BCUT2D eigenvalue weighted by Gasteiger charge is -2.19. The first kappa shape index (κ1) is 18.9. The van der Waals surface area contributed by atoms with Crippen LogP contribution >= 0.6 is 11.6 Å². The lowest BCUT2D eigenvalue weighted by Crippen LogP contribution is -2.34. The highest BCUT2D eigenvalue weighted by Crippen LogP contribution is 2.40. The monoisotopic (exact) mass is 407 g/mol. The fourth-order valence-electron chi connectivity index (χ4n) is 4.13. The zero-order valence-corrected chi connectivity index (χ0v) is 15.7. The number of amides is 1. The van der Waals surface area contributed by atoms with Gasteiger partial charge in [-0.25, -0.2) is 14.0 Å². The Kier molecular flexibility index (Phi) is 5.07. The van der Waals surface area contributed by atoms with Crippen molar-refractivity contribution in [3.05, 3.63) is 52.6 Å². The van der Waals surface area contributed by atoms with E-state index >= 15 is 0 Å². The first-order valence-electron chi connectivity index (χ1n) is 9.04. The number of hydrogen-bond donors (Lipinski definition) is 1. The Hall–Kier alpha value is -2.45. The van der Waals surface area contributed by atoms with Crippen LogP contribution in [0.3, 0.4) is 0 Å². The molecular formula is C19H19ClFN3O4. The molecule has 1 aliphatic heterocycles. The summed E-state index contributed by atoms with van der Waals surface area (Å²) < 4.78 is 20.4. The molecule has 1 amide bonds. The quantitative estimate of drug-likeness (QED) is 0.840. The van der Waals surface area contributed by atoms with Crippen molar-refractivity contribution in [2.45, 2.75) is 25.6 Å². The molecule has 1 aliphatic carbocycles. The Labute approximate surface area is 165 Å². The van der Waals surface area contributed by atoms with Crippen LogP contribution in [0.5, 0.6) is 0 Å². The third kappa shape index (κ3) is 3.88. The van der Waals surface area contributed by atoms with Gasteiger partial charge in [-0.3, -0.25) is 0 Å². The van der Waals surface area contributed by atoms with E-state index in [-0.39, 0.29) is 23.6 Å². The standard InChI is InChI=1S/C19H19ClFN3O4/c20-14-3-11(4-15(21)7-14)10-28-16-5-12-8-23(9-13(12)6-16)19(27)24-2-1-17(22-24)18(25)26/h1-4,7,12-13,16H,5-6,8-10H2,(H,25,26)/t12-,13+,16-. The van der Waals surface area contributed by atoms with E-state index in [1.54, 1.807) is 11.0 Å². The smallest absolute Gasteiger partial charge is 0.356 e. The van der Waals surface area contributed by atoms with Gasteiger partial charge in [-0.15, -0.1) is 0 Å². The van der Waals surface area contributed by atoms with E-state index in [4.69, 9.17) is 21.4 Å². The van der Waals surface area contributed by atoms with Crippen molar-refractivity contribution >= 4 is 23.6 Å². The van der Waals surface area contributed by atoms with Gasteiger partial charge in [0, 0.05) is 24.3 Å². The minimum Gasteiger partial charge on any atom is -0.476 e. The highest BCUT2D eigenvalue weighted by Gasteiger charge is 2.43. The molecule has 1 aromatic carbocycles. The Morgan fingerprint density at radius 3 is 2.57 bits per heavy atom. The number of likely N-dealkylation sites (tertiary alicyclic amines) is 1. The lowest BCUT2D eigenvalue weighted by molar-refractivity contribution is 0.0382. The summed E-state index contributed by atoms with van der Waals surface area (Å²) in [5, 5.41) is 13.1. The maximum atomic E-state index is 13.4. The van der Waals surface area contributed by atoms with Crippen LogP contribution in [-0.2, 0) is 11.3 Å². The van der Waals surface area contributed by atoms with Crippen molar-refractivity contribution < 1.29 is 23.8 Å². The summed E-state index contributed by atoms with van der Waals surface area (Å²) in [5.74, 6) is -0.878. The summed E-state index contributed by atoms with van der Waals surface area (Å²) in [4.78, 5) is 25.1. The van der Waals surface area contributed by atoms with Crippen LogP contribution in [0.25, 0.3) is 0 Å². The van der Waals surface area contributed by atoms with E-state index < -0.39 is 5.97 Å². The molecule has 28 heavy (non-hydrogen) atoms. The summed E-state index contributed by atoms with van der Waals surface area (Å²) in [6.45, 7) is 1.49. The predicted molar refractivity (Wildman–Crippen MR) is 97.8 cm³/mol. The van der Waals surface area contributed by atoms with Crippen molar-refractivity contribution in [1.29, 1.82) is 0 Å². The minimum absolute atomic E-state index is 0.0672. The molecule has 0 unspecified atom stereocenters. The minimum atomic E-state index is -1.16. The molecule has 2 aliphatic rings. The van der Waals surface area contributed by atoms with Gasteiger partial charge >= 0.3 is 12.0 Å². The molecule has 1 aromatic heterocycles. The third-order valence-corrected chi connectivity index (χ3v) is 5.61. The van der Waals surface area contributed by atoms with Gasteiger partial charge < -0.3 is 14.7 Å². The zero-order valence-electron chi connectivity index (χ0n) is 14.9. The number of carbonyl (C=O) groups is 2. The number of ether oxygens (including phenoxy) is 1. The Bertz CT molecular complexity index is 884. The van der Waals surface area contributed by atoms with Gasteiger partial charge in [0.1, 0.15) is 5.82 Å². The van der Waals surface area contributed by atoms with Gasteiger partial charge in [-0.1, -0.05) is 11.6 Å². The molecule has 4 rings (SSSR count). The van der Waals surface area contributed by atoms with Gasteiger partial charge in [0.15, 0.2) is 5.69 Å². The molecule has 2 fully saturated rings. The fraction of sp³-hybridized carbons (Fsp3) is 0.421. The molecule has 1 saturated heterocycles. The predicted octanol–water partition coefficient (Wildman–Crippen LogP) is 3.27. The molecule has 0 spiro atoms.